The molecule has 33 heavy (non-hydrogen) atoms. The van der Waals surface area contributed by atoms with Crippen molar-refractivity contribution in [2.24, 2.45) is 0 Å². The molecule has 2 aromatic carbocycles. The molecular formula is C22H18ClF3INO5. The fourth-order valence-corrected chi connectivity index (χ4v) is 5.16. The molecular weight excluding hydrogens is 578 g/mol. The highest BCUT2D eigenvalue weighted by Gasteiger charge is 2.45. The lowest BCUT2D eigenvalue weighted by Gasteiger charge is -2.32. The third-order valence-corrected chi connectivity index (χ3v) is 7.48. The summed E-state index contributed by atoms with van der Waals surface area (Å²) in [5.41, 5.74) is -3.01. The molecule has 2 heterocycles. The summed E-state index contributed by atoms with van der Waals surface area (Å²) in [4.78, 5) is 14.9. The molecule has 1 aromatic heterocycles. The Labute approximate surface area is 204 Å². The van der Waals surface area contributed by atoms with Gasteiger partial charge in [-0.15, -0.1) is 0 Å². The van der Waals surface area contributed by atoms with E-state index in [1.165, 1.54) is 0 Å². The van der Waals surface area contributed by atoms with Crippen molar-refractivity contribution in [2.75, 3.05) is 13.6 Å². The maximum atomic E-state index is 13.2. The molecule has 4 rings (SSSR count). The van der Waals surface area contributed by atoms with Crippen LogP contribution in [0.25, 0.3) is 22.3 Å². The first-order chi connectivity index (χ1) is 15.2. The SMILES string of the molecule is CN1CCC(c2c(O)cc(O)c3c(=O)c(I)c(-c4ccc(C(F)(F)F)cc4Cl)oc23)C1(C)O. The molecule has 176 valence electrons. The van der Waals surface area contributed by atoms with E-state index < -0.39 is 34.6 Å². The Kier molecular flexibility index (Phi) is 5.87. The first-order valence-electron chi connectivity index (χ1n) is 9.77. The number of halogens is 5. The Morgan fingerprint density at radius 2 is 1.91 bits per heavy atom. The minimum Gasteiger partial charge on any atom is -0.507 e. The fourth-order valence-electron chi connectivity index (χ4n) is 4.22. The molecule has 1 aliphatic rings. The number of rotatable bonds is 2. The van der Waals surface area contributed by atoms with E-state index in [2.05, 4.69) is 0 Å². The Balaban J connectivity index is 2.04. The highest BCUT2D eigenvalue weighted by Crippen LogP contribution is 2.48. The molecule has 1 fully saturated rings. The predicted octanol–water partition coefficient (Wildman–Crippen LogP) is 5.28. The summed E-state index contributed by atoms with van der Waals surface area (Å²) in [5.74, 6) is -1.68. The van der Waals surface area contributed by atoms with Crippen molar-refractivity contribution in [2.45, 2.75) is 31.2 Å². The van der Waals surface area contributed by atoms with Gasteiger partial charge in [-0.3, -0.25) is 9.69 Å². The minimum atomic E-state index is -4.61. The molecule has 2 atom stereocenters. The Hall–Kier alpha value is -2.02. The van der Waals surface area contributed by atoms with Crippen LogP contribution in [0.2, 0.25) is 5.02 Å². The molecule has 3 aromatic rings. The molecule has 6 nitrogen and oxygen atoms in total. The molecule has 0 aliphatic carbocycles. The zero-order chi connectivity index (χ0) is 24.5. The molecule has 1 saturated heterocycles. The zero-order valence-electron chi connectivity index (χ0n) is 17.3. The number of phenolic OH excluding ortho intramolecular Hbond substituents is 2. The largest absolute Gasteiger partial charge is 0.507 e. The molecule has 0 spiro atoms. The number of aromatic hydroxyl groups is 2. The summed E-state index contributed by atoms with van der Waals surface area (Å²) in [6, 6.07) is 3.66. The van der Waals surface area contributed by atoms with Crippen LogP contribution in [-0.2, 0) is 6.18 Å². The highest BCUT2D eigenvalue weighted by molar-refractivity contribution is 14.1. The van der Waals surface area contributed by atoms with Crippen LogP contribution in [0.5, 0.6) is 11.5 Å². The molecule has 2 unspecified atom stereocenters. The average Bonchev–Trinajstić information content (AvgIpc) is 2.96. The third kappa shape index (κ3) is 3.86. The number of phenols is 2. The number of benzene rings is 2. The zero-order valence-corrected chi connectivity index (χ0v) is 20.2. The number of likely N-dealkylation sites (tertiary alicyclic amines) is 1. The first kappa shape index (κ1) is 24.1. The number of hydrogen-bond donors (Lipinski definition) is 3. The minimum absolute atomic E-state index is 0.0102. The second-order valence-electron chi connectivity index (χ2n) is 8.16. The molecule has 1 aliphatic heterocycles. The molecule has 0 saturated carbocycles. The maximum Gasteiger partial charge on any atom is 0.416 e. The van der Waals surface area contributed by atoms with Crippen LogP contribution in [-0.4, -0.2) is 39.5 Å². The monoisotopic (exact) mass is 595 g/mol. The van der Waals surface area contributed by atoms with E-state index in [4.69, 9.17) is 16.0 Å². The number of hydrogen-bond acceptors (Lipinski definition) is 6. The van der Waals surface area contributed by atoms with Crippen LogP contribution < -0.4 is 5.43 Å². The van der Waals surface area contributed by atoms with E-state index >= 15 is 0 Å². The van der Waals surface area contributed by atoms with Crippen molar-refractivity contribution in [1.29, 1.82) is 0 Å². The second kappa shape index (κ2) is 8.03. The molecule has 0 amide bonds. The van der Waals surface area contributed by atoms with Gasteiger partial charge in [0.05, 0.1) is 10.6 Å². The van der Waals surface area contributed by atoms with Crippen molar-refractivity contribution in [1.82, 2.24) is 4.90 Å². The van der Waals surface area contributed by atoms with E-state index in [-0.39, 0.29) is 42.2 Å². The fraction of sp³-hybridized carbons (Fsp3) is 0.318. The van der Waals surface area contributed by atoms with Gasteiger partial charge in [-0.2, -0.15) is 13.2 Å². The van der Waals surface area contributed by atoms with Crippen molar-refractivity contribution < 1.29 is 32.9 Å². The number of aliphatic hydroxyl groups is 1. The topological polar surface area (TPSA) is 94.1 Å². The summed E-state index contributed by atoms with van der Waals surface area (Å²) < 4.78 is 45.1. The Morgan fingerprint density at radius 1 is 1.24 bits per heavy atom. The number of nitrogens with zero attached hydrogens (tertiary/aromatic N) is 1. The summed E-state index contributed by atoms with van der Waals surface area (Å²) in [6.07, 6.45) is -4.19. The van der Waals surface area contributed by atoms with Crippen molar-refractivity contribution in [3.05, 3.63) is 54.2 Å². The summed E-state index contributed by atoms with van der Waals surface area (Å²) in [5, 5.41) is 31.6. The summed E-state index contributed by atoms with van der Waals surface area (Å²) in [7, 11) is 1.70. The van der Waals surface area contributed by atoms with E-state index in [9.17, 15) is 33.3 Å². The van der Waals surface area contributed by atoms with Crippen molar-refractivity contribution in [3.8, 4) is 22.8 Å². The lowest BCUT2D eigenvalue weighted by molar-refractivity contribution is -0.137. The molecule has 11 heteroatoms. The lowest BCUT2D eigenvalue weighted by atomic mass is 9.87. The van der Waals surface area contributed by atoms with Gasteiger partial charge in [0.15, 0.2) is 5.76 Å². The smallest absolute Gasteiger partial charge is 0.416 e. The maximum absolute atomic E-state index is 13.2. The van der Waals surface area contributed by atoms with Gasteiger partial charge in [0.2, 0.25) is 5.43 Å². The van der Waals surface area contributed by atoms with Crippen molar-refractivity contribution in [3.63, 3.8) is 0 Å². The lowest BCUT2D eigenvalue weighted by Crippen LogP contribution is -2.41. The van der Waals surface area contributed by atoms with Gasteiger partial charge in [-0.25, -0.2) is 0 Å². The normalized spacial score (nSPS) is 21.8. The van der Waals surface area contributed by atoms with E-state index in [1.807, 2.05) is 0 Å². The molecule has 3 N–H and O–H groups in total. The van der Waals surface area contributed by atoms with Crippen LogP contribution >= 0.6 is 34.2 Å². The summed E-state index contributed by atoms with van der Waals surface area (Å²) in [6.45, 7) is 2.05. The van der Waals surface area contributed by atoms with Gasteiger partial charge in [-0.1, -0.05) is 11.6 Å². The van der Waals surface area contributed by atoms with Crippen LogP contribution in [0, 0.1) is 3.57 Å². The van der Waals surface area contributed by atoms with E-state index in [0.29, 0.717) is 13.0 Å². The Bertz CT molecular complexity index is 1340. The van der Waals surface area contributed by atoms with Gasteiger partial charge < -0.3 is 19.7 Å². The van der Waals surface area contributed by atoms with Gasteiger partial charge in [-0.05, 0) is 61.2 Å². The number of likely N-dealkylation sites (N-methyl/N-ethyl adjacent to an activating group) is 1. The van der Waals surface area contributed by atoms with Crippen LogP contribution in [0.15, 0.2) is 33.5 Å². The first-order valence-corrected chi connectivity index (χ1v) is 11.2. The molecule has 0 bridgehead atoms. The van der Waals surface area contributed by atoms with E-state index in [1.54, 1.807) is 41.5 Å². The number of fused-ring (bicyclic) bond motifs is 1. The van der Waals surface area contributed by atoms with Crippen LogP contribution in [0.1, 0.15) is 30.4 Å². The number of alkyl halides is 3. The Morgan fingerprint density at radius 3 is 2.45 bits per heavy atom. The van der Waals surface area contributed by atoms with Gasteiger partial charge in [0, 0.05) is 29.7 Å². The van der Waals surface area contributed by atoms with Gasteiger partial charge in [0.25, 0.3) is 0 Å². The average molecular weight is 596 g/mol. The van der Waals surface area contributed by atoms with E-state index in [0.717, 1.165) is 24.3 Å². The molecule has 0 radical (unpaired) electrons. The highest BCUT2D eigenvalue weighted by atomic mass is 127. The van der Waals surface area contributed by atoms with Gasteiger partial charge in [0.1, 0.15) is 31.8 Å². The third-order valence-electron chi connectivity index (χ3n) is 6.18. The summed E-state index contributed by atoms with van der Waals surface area (Å²) >= 11 is 7.80. The van der Waals surface area contributed by atoms with Gasteiger partial charge >= 0.3 is 6.18 Å². The second-order valence-corrected chi connectivity index (χ2v) is 9.64. The quantitative estimate of drug-likeness (QED) is 0.350. The van der Waals surface area contributed by atoms with Crippen molar-refractivity contribution >= 4 is 45.2 Å². The standard InChI is InChI=1S/C22H18ClF3INO5/c1-21(32)11(5-6-28(21)2)15-13(29)8-14(30)16-18(31)17(27)19(33-20(15)16)10-4-3-9(7-12(10)23)22(24,25)26/h3-4,7-8,11,29-30,32H,5-6H2,1-2H3. The predicted molar refractivity (Wildman–Crippen MR) is 125 cm³/mol. The van der Waals surface area contributed by atoms with Crippen LogP contribution in [0.3, 0.4) is 0 Å². The van der Waals surface area contributed by atoms with Crippen LogP contribution in [0.4, 0.5) is 13.2 Å².